The maximum atomic E-state index is 11.8. The van der Waals surface area contributed by atoms with Crippen LogP contribution in [0.3, 0.4) is 0 Å². The average Bonchev–Trinajstić information content (AvgIpc) is 2.49. The number of nitrogens with one attached hydrogen (secondary N) is 1. The number of carbonyl (C=O) groups excluding carboxylic acids is 2. The minimum absolute atomic E-state index is 0.0951. The maximum absolute atomic E-state index is 11.8. The molecular formula is C14H19N3O7S. The first kappa shape index (κ1) is 19.1. The Morgan fingerprint density at radius 3 is 2.64 bits per heavy atom. The predicted molar refractivity (Wildman–Crippen MR) is 84.4 cm³/mol. The normalized spacial score (nSPS) is 22.7. The molecule has 0 bridgehead atoms. The molecule has 2 rings (SSSR count). The first-order valence-corrected chi connectivity index (χ1v) is 8.85. The van der Waals surface area contributed by atoms with Gasteiger partial charge in [0.1, 0.15) is 12.1 Å². The number of ether oxygens (including phenoxy) is 1. The summed E-state index contributed by atoms with van der Waals surface area (Å²) in [6, 6.07) is 3.97. The maximum Gasteiger partial charge on any atom is 0.407 e. The van der Waals surface area contributed by atoms with Crippen LogP contribution in [0.1, 0.15) is 19.5 Å². The largest absolute Gasteiger partial charge is 0.444 e. The number of nitrogens with zero attached hydrogens (tertiary/aromatic N) is 2. The Labute approximate surface area is 144 Å². The molecule has 1 saturated heterocycles. The van der Waals surface area contributed by atoms with Crippen molar-refractivity contribution in [2.24, 2.45) is 5.92 Å². The lowest BCUT2D eigenvalue weighted by atomic mass is 9.83. The Morgan fingerprint density at radius 2 is 2.12 bits per heavy atom. The molecule has 0 spiro atoms. The van der Waals surface area contributed by atoms with E-state index in [-0.39, 0.29) is 10.8 Å². The van der Waals surface area contributed by atoms with Crippen LogP contribution in [0.15, 0.2) is 24.4 Å². The molecule has 0 saturated carbocycles. The van der Waals surface area contributed by atoms with Crippen molar-refractivity contribution in [2.75, 3.05) is 0 Å². The zero-order valence-corrected chi connectivity index (χ0v) is 14.4. The molecule has 1 aromatic heterocycles. The molecule has 1 aliphatic heterocycles. The average molecular weight is 373 g/mol. The second-order valence-electron chi connectivity index (χ2n) is 5.65. The Balaban J connectivity index is 2.00. The highest BCUT2D eigenvalue weighted by Gasteiger charge is 2.58. The van der Waals surface area contributed by atoms with Crippen molar-refractivity contribution in [3.8, 4) is 0 Å². The van der Waals surface area contributed by atoms with E-state index in [2.05, 4.69) is 10.3 Å². The van der Waals surface area contributed by atoms with Crippen molar-refractivity contribution in [1.82, 2.24) is 14.6 Å². The molecule has 2 heterocycles. The van der Waals surface area contributed by atoms with Crippen LogP contribution in [-0.4, -0.2) is 57.6 Å². The van der Waals surface area contributed by atoms with Gasteiger partial charge in [0.05, 0.1) is 24.3 Å². The van der Waals surface area contributed by atoms with Gasteiger partial charge in [0.25, 0.3) is 0 Å². The fourth-order valence-corrected chi connectivity index (χ4v) is 3.65. The van der Waals surface area contributed by atoms with Gasteiger partial charge in [-0.2, -0.15) is 8.42 Å². The lowest BCUT2D eigenvalue weighted by Gasteiger charge is -2.47. The zero-order valence-electron chi connectivity index (χ0n) is 13.6. The number of aromatic nitrogens is 1. The summed E-state index contributed by atoms with van der Waals surface area (Å²) in [5.41, 5.74) is 0.590. The van der Waals surface area contributed by atoms with Gasteiger partial charge in [-0.25, -0.2) is 9.10 Å². The Hall–Kier alpha value is -2.24. The van der Waals surface area contributed by atoms with Crippen LogP contribution < -0.4 is 5.32 Å². The number of aliphatic hydroxyl groups is 1. The summed E-state index contributed by atoms with van der Waals surface area (Å²) in [4.78, 5) is 27.7. The molecule has 0 unspecified atom stereocenters. The molecule has 4 atom stereocenters. The fourth-order valence-electron chi connectivity index (χ4n) is 2.69. The van der Waals surface area contributed by atoms with Crippen molar-refractivity contribution in [3.05, 3.63) is 30.1 Å². The van der Waals surface area contributed by atoms with Gasteiger partial charge in [-0.15, -0.1) is 0 Å². The summed E-state index contributed by atoms with van der Waals surface area (Å²) < 4.78 is 37.1. The molecule has 1 aromatic rings. The first-order valence-electron chi connectivity index (χ1n) is 7.46. The molecule has 10 nitrogen and oxygen atoms in total. The van der Waals surface area contributed by atoms with Crippen LogP contribution in [0, 0.1) is 5.92 Å². The van der Waals surface area contributed by atoms with Gasteiger partial charge < -0.3 is 15.2 Å². The van der Waals surface area contributed by atoms with E-state index in [1.165, 1.54) is 13.8 Å². The highest BCUT2D eigenvalue weighted by molar-refractivity contribution is 7.84. The van der Waals surface area contributed by atoms with Crippen LogP contribution in [-0.2, 0) is 26.4 Å². The van der Waals surface area contributed by atoms with Crippen LogP contribution >= 0.6 is 0 Å². The van der Waals surface area contributed by atoms with E-state index in [9.17, 15) is 23.1 Å². The molecule has 0 radical (unpaired) electrons. The third-order valence-electron chi connectivity index (χ3n) is 3.82. The van der Waals surface area contributed by atoms with Crippen molar-refractivity contribution >= 4 is 22.3 Å². The summed E-state index contributed by atoms with van der Waals surface area (Å²) in [6.07, 6.45) is -1.54. The third kappa shape index (κ3) is 4.24. The number of amides is 2. The molecule has 11 heteroatoms. The highest BCUT2D eigenvalue weighted by Crippen LogP contribution is 2.35. The number of rotatable bonds is 6. The molecule has 1 fully saturated rings. The van der Waals surface area contributed by atoms with Crippen molar-refractivity contribution in [1.29, 1.82) is 0 Å². The Bertz CT molecular complexity index is 738. The van der Waals surface area contributed by atoms with E-state index in [1.807, 2.05) is 0 Å². The molecule has 0 aromatic carbocycles. The summed E-state index contributed by atoms with van der Waals surface area (Å²) in [5.74, 6) is -2.05. The van der Waals surface area contributed by atoms with E-state index in [1.54, 1.807) is 24.4 Å². The van der Waals surface area contributed by atoms with Gasteiger partial charge in [-0.1, -0.05) is 6.07 Å². The monoisotopic (exact) mass is 373 g/mol. The van der Waals surface area contributed by atoms with E-state index in [0.29, 0.717) is 5.69 Å². The van der Waals surface area contributed by atoms with Gasteiger partial charge in [0, 0.05) is 6.20 Å². The van der Waals surface area contributed by atoms with Gasteiger partial charge in [-0.05, 0) is 26.0 Å². The number of alkyl carbamates (subject to hydrolysis) is 1. The number of aliphatic hydroxyl groups excluding tert-OH is 1. The van der Waals surface area contributed by atoms with Gasteiger partial charge in [0.2, 0.25) is 5.91 Å². The molecule has 138 valence electrons. The lowest BCUT2D eigenvalue weighted by molar-refractivity contribution is -0.160. The standard InChI is InChI=1S/C14H19N3O7S/c1-8(18)11-12(17(13(11)19)25(21,22)23)9(2)24-14(20)16-7-10-5-3-4-6-15-10/h3-6,8-9,11-12,18H,7H2,1-2H3,(H,16,20)(H,21,22,23)/t8-,9+,11-,12-/m1/s1. The Morgan fingerprint density at radius 1 is 1.44 bits per heavy atom. The minimum Gasteiger partial charge on any atom is -0.444 e. The van der Waals surface area contributed by atoms with Gasteiger partial charge in [-0.3, -0.25) is 14.3 Å². The van der Waals surface area contributed by atoms with E-state index >= 15 is 0 Å². The van der Waals surface area contributed by atoms with Crippen molar-refractivity contribution < 1.29 is 32.4 Å². The lowest BCUT2D eigenvalue weighted by Crippen LogP contribution is -2.69. The second-order valence-corrected chi connectivity index (χ2v) is 6.94. The molecule has 3 N–H and O–H groups in total. The van der Waals surface area contributed by atoms with Crippen LogP contribution in [0.25, 0.3) is 0 Å². The number of carbonyl (C=O) groups is 2. The van der Waals surface area contributed by atoms with Gasteiger partial charge in [0.15, 0.2) is 0 Å². The topological polar surface area (TPSA) is 146 Å². The second kappa shape index (κ2) is 7.33. The molecule has 25 heavy (non-hydrogen) atoms. The molecular weight excluding hydrogens is 354 g/mol. The van der Waals surface area contributed by atoms with Crippen LogP contribution in [0.4, 0.5) is 4.79 Å². The first-order chi connectivity index (χ1) is 11.6. The SMILES string of the molecule is C[C@H](OC(=O)NCc1ccccn1)[C@@H]1[C@@H]([C@@H](C)O)C(=O)N1S(=O)(=O)O. The van der Waals surface area contributed by atoms with Crippen molar-refractivity contribution in [2.45, 2.75) is 38.6 Å². The minimum atomic E-state index is -4.82. The fraction of sp³-hybridized carbons (Fsp3) is 0.500. The molecule has 2 amide bonds. The highest BCUT2D eigenvalue weighted by atomic mass is 32.2. The Kier molecular flexibility index (Phi) is 5.60. The summed E-state index contributed by atoms with van der Waals surface area (Å²) in [7, 11) is -4.82. The molecule has 1 aliphatic rings. The molecule has 0 aliphatic carbocycles. The van der Waals surface area contributed by atoms with Crippen LogP contribution in [0.2, 0.25) is 0 Å². The van der Waals surface area contributed by atoms with Crippen molar-refractivity contribution in [3.63, 3.8) is 0 Å². The number of hydrogen-bond acceptors (Lipinski definition) is 7. The smallest absolute Gasteiger partial charge is 0.407 e. The number of hydrogen-bond donors (Lipinski definition) is 3. The van der Waals surface area contributed by atoms with Gasteiger partial charge >= 0.3 is 16.4 Å². The van der Waals surface area contributed by atoms with E-state index in [0.717, 1.165) is 0 Å². The summed E-state index contributed by atoms with van der Waals surface area (Å²) >= 11 is 0. The van der Waals surface area contributed by atoms with Crippen LogP contribution in [0.5, 0.6) is 0 Å². The van der Waals surface area contributed by atoms with E-state index in [4.69, 9.17) is 9.29 Å². The third-order valence-corrected chi connectivity index (χ3v) is 4.74. The number of β-lactam (4-membered cyclic amide) rings is 1. The summed E-state index contributed by atoms with van der Waals surface area (Å²) in [5, 5.41) is 12.1. The number of pyridine rings is 1. The zero-order chi connectivity index (χ0) is 18.8. The predicted octanol–water partition coefficient (Wildman–Crippen LogP) is -0.293. The van der Waals surface area contributed by atoms with E-state index < -0.39 is 46.5 Å². The quantitative estimate of drug-likeness (QED) is 0.455. The summed E-state index contributed by atoms with van der Waals surface area (Å²) in [6.45, 7) is 2.77.